The minimum Gasteiger partial charge on any atom is -0.357 e. The summed E-state index contributed by atoms with van der Waals surface area (Å²) in [5, 5.41) is 11.8. The molecular formula is C6H9N3S2. The molecule has 0 aromatic carbocycles. The van der Waals surface area contributed by atoms with Crippen LogP contribution in [0, 0.1) is 0 Å². The molecule has 0 spiro atoms. The molecule has 0 bridgehead atoms. The van der Waals surface area contributed by atoms with Crippen LogP contribution in [0.2, 0.25) is 0 Å². The minimum absolute atomic E-state index is 0.739. The highest BCUT2D eigenvalue weighted by Crippen LogP contribution is 2.22. The predicted molar refractivity (Wildman–Crippen MR) is 50.4 cm³/mol. The molecular weight excluding hydrogens is 178 g/mol. The number of hydrogen-bond donors (Lipinski definition) is 1. The number of anilines is 1. The molecule has 60 valence electrons. The van der Waals surface area contributed by atoms with Crippen LogP contribution >= 0.6 is 23.1 Å². The highest BCUT2D eigenvalue weighted by molar-refractivity contribution is 8.00. The number of rotatable bonds is 4. The monoisotopic (exact) mass is 187 g/mol. The zero-order valence-corrected chi connectivity index (χ0v) is 7.84. The summed E-state index contributed by atoms with van der Waals surface area (Å²) in [6, 6.07) is 0. The normalized spacial score (nSPS) is 9.55. The molecule has 1 N–H and O–H groups in total. The van der Waals surface area contributed by atoms with Crippen LogP contribution in [0.3, 0.4) is 0 Å². The molecule has 1 rings (SSSR count). The van der Waals surface area contributed by atoms with E-state index in [9.17, 15) is 0 Å². The maximum absolute atomic E-state index is 3.92. The second-order valence-corrected chi connectivity index (χ2v) is 3.78. The summed E-state index contributed by atoms with van der Waals surface area (Å²) < 4.78 is 0.983. The molecule has 1 aromatic heterocycles. The zero-order valence-electron chi connectivity index (χ0n) is 6.20. The van der Waals surface area contributed by atoms with E-state index in [1.165, 1.54) is 0 Å². The first-order valence-corrected chi connectivity index (χ1v) is 5.13. The van der Waals surface area contributed by atoms with Gasteiger partial charge in [-0.25, -0.2) is 0 Å². The lowest BCUT2D eigenvalue weighted by molar-refractivity contribution is 1.01. The van der Waals surface area contributed by atoms with Gasteiger partial charge in [-0.05, 0) is 6.26 Å². The number of nitrogens with zero attached hydrogens (tertiary/aromatic N) is 2. The number of aromatic nitrogens is 2. The van der Waals surface area contributed by atoms with Crippen molar-refractivity contribution >= 4 is 28.2 Å². The Labute approximate surface area is 73.9 Å². The average molecular weight is 187 g/mol. The predicted octanol–water partition coefficient (Wildman–Crippen LogP) is 1.86. The summed E-state index contributed by atoms with van der Waals surface area (Å²) in [4.78, 5) is 0. The third-order valence-corrected chi connectivity index (χ3v) is 2.84. The molecule has 0 aliphatic rings. The van der Waals surface area contributed by atoms with Crippen LogP contribution < -0.4 is 5.32 Å². The topological polar surface area (TPSA) is 37.8 Å². The molecule has 0 radical (unpaired) electrons. The summed E-state index contributed by atoms with van der Waals surface area (Å²) in [5.41, 5.74) is 0. The van der Waals surface area contributed by atoms with Crippen LogP contribution in [0.15, 0.2) is 17.0 Å². The molecule has 1 heterocycles. The quantitative estimate of drug-likeness (QED) is 0.576. The number of nitrogens with one attached hydrogen (secondary N) is 1. The summed E-state index contributed by atoms with van der Waals surface area (Å²) in [6.07, 6.45) is 3.78. The molecule has 0 atom stereocenters. The van der Waals surface area contributed by atoms with Crippen molar-refractivity contribution in [1.82, 2.24) is 10.2 Å². The van der Waals surface area contributed by atoms with Gasteiger partial charge in [-0.1, -0.05) is 29.2 Å². The van der Waals surface area contributed by atoms with Crippen molar-refractivity contribution in [1.29, 1.82) is 0 Å². The molecule has 0 aliphatic heterocycles. The Kier molecular flexibility index (Phi) is 3.38. The first-order chi connectivity index (χ1) is 5.36. The fraction of sp³-hybridized carbons (Fsp3) is 0.333. The van der Waals surface area contributed by atoms with Gasteiger partial charge >= 0.3 is 0 Å². The second kappa shape index (κ2) is 4.35. The van der Waals surface area contributed by atoms with Gasteiger partial charge in [-0.3, -0.25) is 0 Å². The molecule has 0 unspecified atom stereocenters. The van der Waals surface area contributed by atoms with Gasteiger partial charge in [-0.2, -0.15) is 0 Å². The number of hydrogen-bond acceptors (Lipinski definition) is 5. The third-order valence-electron chi connectivity index (χ3n) is 0.979. The molecule has 3 nitrogen and oxygen atoms in total. The molecule has 0 saturated heterocycles. The van der Waals surface area contributed by atoms with E-state index >= 15 is 0 Å². The molecule has 0 amide bonds. The van der Waals surface area contributed by atoms with Crippen molar-refractivity contribution in [3.05, 3.63) is 12.7 Å². The Hall–Kier alpha value is -0.550. The van der Waals surface area contributed by atoms with Gasteiger partial charge in [0.05, 0.1) is 0 Å². The van der Waals surface area contributed by atoms with Crippen molar-refractivity contribution in [2.24, 2.45) is 0 Å². The Balaban J connectivity index is 2.50. The highest BCUT2D eigenvalue weighted by Gasteiger charge is 1.99. The van der Waals surface area contributed by atoms with Gasteiger partial charge in [0.2, 0.25) is 5.13 Å². The van der Waals surface area contributed by atoms with E-state index in [1.807, 2.05) is 6.26 Å². The summed E-state index contributed by atoms with van der Waals surface area (Å²) in [7, 11) is 0. The average Bonchev–Trinajstić information content (AvgIpc) is 2.48. The van der Waals surface area contributed by atoms with Gasteiger partial charge in [-0.15, -0.1) is 16.8 Å². The standard InChI is InChI=1S/C6H9N3S2/c1-3-4-7-5-8-9-6(10-2)11-5/h3H,1,4H2,2H3,(H,7,8). The zero-order chi connectivity index (χ0) is 8.10. The fourth-order valence-corrected chi connectivity index (χ4v) is 1.70. The van der Waals surface area contributed by atoms with Crippen LogP contribution in [0.1, 0.15) is 0 Å². The maximum atomic E-state index is 3.92. The van der Waals surface area contributed by atoms with E-state index in [2.05, 4.69) is 22.1 Å². The van der Waals surface area contributed by atoms with E-state index in [4.69, 9.17) is 0 Å². The highest BCUT2D eigenvalue weighted by atomic mass is 32.2. The van der Waals surface area contributed by atoms with Crippen LogP contribution in [0.4, 0.5) is 5.13 Å². The Morgan fingerprint density at radius 2 is 2.55 bits per heavy atom. The fourth-order valence-electron chi connectivity index (χ4n) is 0.523. The molecule has 5 heteroatoms. The minimum atomic E-state index is 0.739. The summed E-state index contributed by atoms with van der Waals surface area (Å²) in [5.74, 6) is 0. The van der Waals surface area contributed by atoms with Crippen LogP contribution in [-0.2, 0) is 0 Å². The van der Waals surface area contributed by atoms with Gasteiger partial charge in [0.15, 0.2) is 4.34 Å². The van der Waals surface area contributed by atoms with Gasteiger partial charge in [0, 0.05) is 6.54 Å². The lowest BCUT2D eigenvalue weighted by Crippen LogP contribution is -1.96. The van der Waals surface area contributed by atoms with Crippen molar-refractivity contribution in [3.63, 3.8) is 0 Å². The molecule has 0 fully saturated rings. The second-order valence-electron chi connectivity index (χ2n) is 1.75. The molecule has 0 aliphatic carbocycles. The van der Waals surface area contributed by atoms with Crippen LogP contribution in [0.5, 0.6) is 0 Å². The van der Waals surface area contributed by atoms with Crippen LogP contribution in [0.25, 0.3) is 0 Å². The lowest BCUT2D eigenvalue weighted by atomic mass is 10.6. The van der Waals surface area contributed by atoms with Crippen LogP contribution in [-0.4, -0.2) is 23.0 Å². The summed E-state index contributed by atoms with van der Waals surface area (Å²) >= 11 is 3.16. The van der Waals surface area contributed by atoms with E-state index in [0.717, 1.165) is 16.0 Å². The Morgan fingerprint density at radius 1 is 1.73 bits per heavy atom. The smallest absolute Gasteiger partial charge is 0.206 e. The van der Waals surface area contributed by atoms with E-state index in [1.54, 1.807) is 29.2 Å². The van der Waals surface area contributed by atoms with E-state index < -0.39 is 0 Å². The SMILES string of the molecule is C=CCNc1nnc(SC)s1. The van der Waals surface area contributed by atoms with Gasteiger partial charge in [0.1, 0.15) is 0 Å². The molecule has 0 saturated carbocycles. The van der Waals surface area contributed by atoms with Gasteiger partial charge in [0.25, 0.3) is 0 Å². The van der Waals surface area contributed by atoms with Crippen molar-refractivity contribution < 1.29 is 0 Å². The first-order valence-electron chi connectivity index (χ1n) is 3.09. The first kappa shape index (κ1) is 8.55. The Bertz CT molecular complexity index is 233. The Morgan fingerprint density at radius 3 is 3.09 bits per heavy atom. The van der Waals surface area contributed by atoms with E-state index in [-0.39, 0.29) is 0 Å². The molecule has 1 aromatic rings. The van der Waals surface area contributed by atoms with Crippen molar-refractivity contribution in [2.45, 2.75) is 4.34 Å². The number of thioether (sulfide) groups is 1. The largest absolute Gasteiger partial charge is 0.357 e. The maximum Gasteiger partial charge on any atom is 0.206 e. The van der Waals surface area contributed by atoms with E-state index in [0.29, 0.717) is 0 Å². The third kappa shape index (κ3) is 2.51. The van der Waals surface area contributed by atoms with Gasteiger partial charge < -0.3 is 5.32 Å². The summed E-state index contributed by atoms with van der Waals surface area (Å²) in [6.45, 7) is 4.33. The lowest BCUT2D eigenvalue weighted by Gasteiger charge is -1.92. The molecule has 11 heavy (non-hydrogen) atoms. The van der Waals surface area contributed by atoms with Crippen molar-refractivity contribution in [2.75, 3.05) is 18.1 Å². The van der Waals surface area contributed by atoms with Crippen molar-refractivity contribution in [3.8, 4) is 0 Å².